The predicted octanol–water partition coefficient (Wildman–Crippen LogP) is 3.98. The Balaban J connectivity index is 2.42. The second kappa shape index (κ2) is 5.03. The van der Waals surface area contributed by atoms with Crippen LogP contribution in [-0.4, -0.2) is 11.0 Å². The number of carbonyl (C=O) groups excluding carboxylic acids is 1. The van der Waals surface area contributed by atoms with Crippen LogP contribution in [0, 0.1) is 10.1 Å². The van der Waals surface area contributed by atoms with Gasteiger partial charge in [-0.2, -0.15) is 4.99 Å². The Hall–Kier alpha value is -3.24. The molecule has 3 rings (SSSR count). The van der Waals surface area contributed by atoms with E-state index < -0.39 is 4.92 Å². The first-order chi connectivity index (χ1) is 10.2. The molecule has 6 nitrogen and oxygen atoms in total. The summed E-state index contributed by atoms with van der Waals surface area (Å²) in [7, 11) is 0. The fourth-order valence-corrected chi connectivity index (χ4v) is 2.24. The Kier molecular flexibility index (Phi) is 3.06. The zero-order chi connectivity index (χ0) is 14.8. The summed E-state index contributed by atoms with van der Waals surface area (Å²) in [6.07, 6.45) is 1.42. The van der Waals surface area contributed by atoms with Crippen LogP contribution >= 0.6 is 0 Å². The van der Waals surface area contributed by atoms with Gasteiger partial charge in [0.1, 0.15) is 16.2 Å². The summed E-state index contributed by atoms with van der Waals surface area (Å²) in [6.45, 7) is 0. The van der Waals surface area contributed by atoms with E-state index in [1.54, 1.807) is 36.4 Å². The molecule has 0 aliphatic carbocycles. The number of nitro groups is 1. The first-order valence-corrected chi connectivity index (χ1v) is 6.05. The summed E-state index contributed by atoms with van der Waals surface area (Å²) in [5.74, 6) is -0.371. The van der Waals surface area contributed by atoms with Gasteiger partial charge < -0.3 is 4.42 Å². The van der Waals surface area contributed by atoms with Gasteiger partial charge >= 0.3 is 5.88 Å². The molecule has 1 aromatic heterocycles. The van der Waals surface area contributed by atoms with Crippen molar-refractivity contribution in [1.82, 2.24) is 0 Å². The third-order valence-electron chi connectivity index (χ3n) is 3.07. The van der Waals surface area contributed by atoms with E-state index in [1.807, 2.05) is 6.07 Å². The summed E-state index contributed by atoms with van der Waals surface area (Å²) in [6, 6.07) is 13.8. The van der Waals surface area contributed by atoms with Crippen LogP contribution in [0.15, 0.2) is 57.9 Å². The number of nitrogens with zero attached hydrogens (tertiary/aromatic N) is 2. The number of para-hydroxylation sites is 1. The summed E-state index contributed by atoms with van der Waals surface area (Å²) in [5, 5.41) is 11.8. The van der Waals surface area contributed by atoms with E-state index in [0.29, 0.717) is 16.5 Å². The highest BCUT2D eigenvalue weighted by Gasteiger charge is 2.26. The molecule has 102 valence electrons. The zero-order valence-corrected chi connectivity index (χ0v) is 10.6. The van der Waals surface area contributed by atoms with Crippen molar-refractivity contribution in [3.63, 3.8) is 0 Å². The van der Waals surface area contributed by atoms with Crippen molar-refractivity contribution in [2.24, 2.45) is 4.99 Å². The van der Waals surface area contributed by atoms with Crippen LogP contribution in [0.5, 0.6) is 0 Å². The van der Waals surface area contributed by atoms with Crippen molar-refractivity contribution in [1.29, 1.82) is 0 Å². The fraction of sp³-hybridized carbons (Fsp3) is 0. The van der Waals surface area contributed by atoms with Gasteiger partial charge in [-0.3, -0.25) is 10.1 Å². The minimum atomic E-state index is -0.587. The van der Waals surface area contributed by atoms with Crippen molar-refractivity contribution in [3.8, 4) is 11.1 Å². The lowest BCUT2D eigenvalue weighted by Gasteiger charge is -1.97. The first-order valence-electron chi connectivity index (χ1n) is 6.05. The molecule has 2 aromatic carbocycles. The highest BCUT2D eigenvalue weighted by molar-refractivity contribution is 6.03. The molecule has 0 spiro atoms. The standard InChI is InChI=1S/C15H8N2O4/c18-9-16-12-8-4-7-11-13(10-5-2-1-3-6-10)15(17(19)20)21-14(11)12/h1-8H. The molecule has 0 fully saturated rings. The van der Waals surface area contributed by atoms with Crippen LogP contribution in [0.2, 0.25) is 0 Å². The maximum absolute atomic E-state index is 11.2. The number of hydrogen-bond donors (Lipinski definition) is 0. The van der Waals surface area contributed by atoms with Gasteiger partial charge in [-0.1, -0.05) is 42.5 Å². The molecular formula is C15H8N2O4. The Bertz CT molecular complexity index is 877. The fourth-order valence-electron chi connectivity index (χ4n) is 2.24. The molecule has 0 aliphatic heterocycles. The molecule has 1 heterocycles. The van der Waals surface area contributed by atoms with Crippen LogP contribution in [0.3, 0.4) is 0 Å². The third-order valence-corrected chi connectivity index (χ3v) is 3.07. The molecule has 0 radical (unpaired) electrons. The predicted molar refractivity (Wildman–Crippen MR) is 76.1 cm³/mol. The van der Waals surface area contributed by atoms with Gasteiger partial charge in [0, 0.05) is 5.39 Å². The van der Waals surface area contributed by atoms with Gasteiger partial charge in [-0.05, 0) is 11.6 Å². The number of benzene rings is 2. The van der Waals surface area contributed by atoms with Crippen LogP contribution in [0.1, 0.15) is 0 Å². The van der Waals surface area contributed by atoms with Crippen molar-refractivity contribution >= 4 is 28.6 Å². The van der Waals surface area contributed by atoms with E-state index in [4.69, 9.17) is 4.42 Å². The van der Waals surface area contributed by atoms with E-state index in [9.17, 15) is 14.9 Å². The molecular weight excluding hydrogens is 272 g/mol. The van der Waals surface area contributed by atoms with E-state index in [0.717, 1.165) is 0 Å². The van der Waals surface area contributed by atoms with E-state index in [1.165, 1.54) is 12.1 Å². The summed E-state index contributed by atoms with van der Waals surface area (Å²) in [4.78, 5) is 24.6. The Labute approximate surface area is 118 Å². The van der Waals surface area contributed by atoms with Gasteiger partial charge in [0.2, 0.25) is 6.08 Å². The van der Waals surface area contributed by atoms with Gasteiger partial charge in [0.25, 0.3) is 0 Å². The van der Waals surface area contributed by atoms with Crippen LogP contribution in [-0.2, 0) is 4.79 Å². The minimum absolute atomic E-state index is 0.200. The normalized spacial score (nSPS) is 10.3. The van der Waals surface area contributed by atoms with E-state index >= 15 is 0 Å². The molecule has 6 heteroatoms. The average molecular weight is 280 g/mol. The van der Waals surface area contributed by atoms with Crippen LogP contribution in [0.4, 0.5) is 11.6 Å². The minimum Gasteiger partial charge on any atom is -0.398 e. The molecule has 0 saturated heterocycles. The molecule has 0 N–H and O–H groups in total. The number of aliphatic imine (C=N–C) groups is 1. The number of rotatable bonds is 3. The molecule has 0 atom stereocenters. The maximum Gasteiger partial charge on any atom is 0.442 e. The maximum atomic E-state index is 11.2. The van der Waals surface area contributed by atoms with Gasteiger partial charge in [0.05, 0.1) is 0 Å². The first kappa shape index (κ1) is 12.8. The Morgan fingerprint density at radius 2 is 1.86 bits per heavy atom. The lowest BCUT2D eigenvalue weighted by Crippen LogP contribution is -1.87. The lowest BCUT2D eigenvalue weighted by molar-refractivity contribution is -0.400. The van der Waals surface area contributed by atoms with E-state index in [-0.39, 0.29) is 17.2 Å². The highest BCUT2D eigenvalue weighted by atomic mass is 16.6. The summed E-state index contributed by atoms with van der Waals surface area (Å²) in [5.41, 5.74) is 1.45. The average Bonchev–Trinajstić information content (AvgIpc) is 2.89. The second-order valence-electron chi connectivity index (χ2n) is 4.26. The number of fused-ring (bicyclic) bond motifs is 1. The van der Waals surface area contributed by atoms with Crippen molar-refractivity contribution < 1.29 is 14.1 Å². The van der Waals surface area contributed by atoms with Crippen LogP contribution < -0.4 is 0 Å². The third kappa shape index (κ3) is 2.09. The largest absolute Gasteiger partial charge is 0.442 e. The molecule has 21 heavy (non-hydrogen) atoms. The van der Waals surface area contributed by atoms with Crippen LogP contribution in [0.25, 0.3) is 22.1 Å². The van der Waals surface area contributed by atoms with Crippen molar-refractivity contribution in [3.05, 3.63) is 58.6 Å². The van der Waals surface area contributed by atoms with Crippen molar-refractivity contribution in [2.75, 3.05) is 0 Å². The molecule has 0 saturated carbocycles. The quantitative estimate of drug-likeness (QED) is 0.314. The number of isocyanates is 1. The monoisotopic (exact) mass is 280 g/mol. The Morgan fingerprint density at radius 3 is 2.52 bits per heavy atom. The SMILES string of the molecule is O=C=Nc1cccc2c(-c3ccccc3)c([N+](=O)[O-])oc12. The lowest BCUT2D eigenvalue weighted by atomic mass is 10.0. The molecule has 3 aromatic rings. The smallest absolute Gasteiger partial charge is 0.398 e. The zero-order valence-electron chi connectivity index (χ0n) is 10.6. The molecule has 0 bridgehead atoms. The van der Waals surface area contributed by atoms with Gasteiger partial charge in [-0.15, -0.1) is 0 Å². The summed E-state index contributed by atoms with van der Waals surface area (Å²) < 4.78 is 5.33. The number of hydrogen-bond acceptors (Lipinski definition) is 5. The molecule has 0 unspecified atom stereocenters. The van der Waals surface area contributed by atoms with E-state index in [2.05, 4.69) is 4.99 Å². The second-order valence-corrected chi connectivity index (χ2v) is 4.26. The van der Waals surface area contributed by atoms with Gasteiger partial charge in [-0.25, -0.2) is 4.79 Å². The number of furan rings is 1. The molecule has 0 aliphatic rings. The Morgan fingerprint density at radius 1 is 1.10 bits per heavy atom. The highest BCUT2D eigenvalue weighted by Crippen LogP contribution is 2.42. The van der Waals surface area contributed by atoms with Gasteiger partial charge in [0.15, 0.2) is 5.58 Å². The summed E-state index contributed by atoms with van der Waals surface area (Å²) >= 11 is 0. The van der Waals surface area contributed by atoms with Crippen molar-refractivity contribution in [2.45, 2.75) is 0 Å². The molecule has 0 amide bonds. The topological polar surface area (TPSA) is 85.7 Å².